The van der Waals surface area contributed by atoms with Crippen LogP contribution in [0.5, 0.6) is 0 Å². The van der Waals surface area contributed by atoms with Crippen molar-refractivity contribution in [2.24, 2.45) is 0 Å². The molecule has 0 amide bonds. The summed E-state index contributed by atoms with van der Waals surface area (Å²) in [5.41, 5.74) is 3.74. The summed E-state index contributed by atoms with van der Waals surface area (Å²) in [6.45, 7) is 2.99. The largest absolute Gasteiger partial charge is 0.368 e. The van der Waals surface area contributed by atoms with Crippen LogP contribution in [0.25, 0.3) is 16.9 Å². The topological polar surface area (TPSA) is 85.5 Å². The van der Waals surface area contributed by atoms with E-state index in [1.807, 2.05) is 41.4 Å². The summed E-state index contributed by atoms with van der Waals surface area (Å²) < 4.78 is 4.22. The molecular weight excluding hydrogens is 388 g/mol. The summed E-state index contributed by atoms with van der Waals surface area (Å²) in [5, 5.41) is 6.81. The zero-order chi connectivity index (χ0) is 21.0. The molecule has 5 rings (SSSR count). The second kappa shape index (κ2) is 8.75. The Morgan fingerprint density at radius 1 is 1.03 bits per heavy atom. The molecule has 3 aromatic heterocycles. The Morgan fingerprint density at radius 3 is 2.61 bits per heavy atom. The average molecular weight is 417 g/mol. The molecule has 0 bridgehead atoms. The molecule has 0 radical (unpaired) electrons. The van der Waals surface area contributed by atoms with E-state index in [9.17, 15) is 0 Å². The van der Waals surface area contributed by atoms with Crippen molar-refractivity contribution in [1.82, 2.24) is 29.1 Å². The highest BCUT2D eigenvalue weighted by molar-refractivity contribution is 5.84. The molecule has 0 unspecified atom stereocenters. The van der Waals surface area contributed by atoms with Gasteiger partial charge in [-0.15, -0.1) is 0 Å². The average Bonchev–Trinajstić information content (AvgIpc) is 3.49. The van der Waals surface area contributed by atoms with Crippen molar-refractivity contribution in [2.75, 3.05) is 17.2 Å². The van der Waals surface area contributed by atoms with Crippen molar-refractivity contribution in [1.29, 1.82) is 0 Å². The summed E-state index contributed by atoms with van der Waals surface area (Å²) >= 11 is 0. The van der Waals surface area contributed by atoms with Gasteiger partial charge in [0.05, 0.1) is 12.7 Å². The molecule has 3 heterocycles. The zero-order valence-electron chi connectivity index (χ0n) is 17.8. The van der Waals surface area contributed by atoms with Crippen LogP contribution in [0.3, 0.4) is 0 Å². The highest BCUT2D eigenvalue weighted by atomic mass is 15.2. The second-order valence-corrected chi connectivity index (χ2v) is 8.08. The Kier molecular flexibility index (Phi) is 5.52. The molecular formula is C23H28N8. The molecule has 1 saturated carbocycles. The van der Waals surface area contributed by atoms with Crippen LogP contribution in [0.15, 0.2) is 49.3 Å². The molecule has 0 aliphatic heterocycles. The van der Waals surface area contributed by atoms with Crippen molar-refractivity contribution in [3.63, 3.8) is 0 Å². The molecule has 1 aliphatic rings. The number of benzene rings is 1. The van der Waals surface area contributed by atoms with Crippen molar-refractivity contribution in [3.05, 3.63) is 49.3 Å². The first-order valence-corrected chi connectivity index (χ1v) is 11.2. The highest BCUT2D eigenvalue weighted by Crippen LogP contribution is 2.32. The van der Waals surface area contributed by atoms with Gasteiger partial charge in [0.25, 0.3) is 0 Å². The van der Waals surface area contributed by atoms with Gasteiger partial charge in [-0.2, -0.15) is 9.97 Å². The van der Waals surface area contributed by atoms with Crippen molar-refractivity contribution >= 4 is 28.6 Å². The lowest BCUT2D eigenvalue weighted by atomic mass is 9.95. The second-order valence-electron chi connectivity index (χ2n) is 8.08. The summed E-state index contributed by atoms with van der Waals surface area (Å²) in [6.07, 6.45) is 14.7. The first-order chi connectivity index (χ1) is 15.3. The van der Waals surface area contributed by atoms with E-state index in [1.54, 1.807) is 12.5 Å². The Balaban J connectivity index is 1.47. The van der Waals surface area contributed by atoms with Gasteiger partial charge in [-0.1, -0.05) is 26.2 Å². The normalized spacial score (nSPS) is 14.7. The third-order valence-corrected chi connectivity index (χ3v) is 5.86. The van der Waals surface area contributed by atoms with Gasteiger partial charge in [0.15, 0.2) is 17.0 Å². The molecule has 8 heteroatoms. The van der Waals surface area contributed by atoms with E-state index in [-0.39, 0.29) is 0 Å². The molecule has 0 saturated heterocycles. The maximum absolute atomic E-state index is 4.87. The van der Waals surface area contributed by atoms with Gasteiger partial charge >= 0.3 is 0 Å². The van der Waals surface area contributed by atoms with E-state index < -0.39 is 0 Å². The maximum atomic E-state index is 4.87. The predicted octanol–water partition coefficient (Wildman–Crippen LogP) is 5.08. The molecule has 1 fully saturated rings. The zero-order valence-corrected chi connectivity index (χ0v) is 17.8. The van der Waals surface area contributed by atoms with Gasteiger partial charge in [0.2, 0.25) is 5.95 Å². The number of anilines is 3. The van der Waals surface area contributed by atoms with Crippen LogP contribution >= 0.6 is 0 Å². The standard InChI is InChI=1S/C23H28N8/c1-2-12-25-21-20-22(31(16-26-20)19-6-4-3-5-7-19)29-23(28-21)27-17-8-10-18(11-9-17)30-14-13-24-15-30/h8-11,13-16,19H,2-7,12H2,1H3,(H2,25,27,28,29). The number of hydrogen-bond acceptors (Lipinski definition) is 6. The van der Waals surface area contributed by atoms with Gasteiger partial charge in [0, 0.05) is 36.4 Å². The fourth-order valence-corrected chi connectivity index (χ4v) is 4.22. The van der Waals surface area contributed by atoms with E-state index in [2.05, 4.69) is 32.1 Å². The molecule has 160 valence electrons. The van der Waals surface area contributed by atoms with Crippen LogP contribution in [-0.4, -0.2) is 35.6 Å². The fraction of sp³-hybridized carbons (Fsp3) is 0.391. The maximum Gasteiger partial charge on any atom is 0.231 e. The summed E-state index contributed by atoms with van der Waals surface area (Å²) in [5.74, 6) is 1.37. The van der Waals surface area contributed by atoms with Crippen molar-refractivity contribution < 1.29 is 0 Å². The lowest BCUT2D eigenvalue weighted by Gasteiger charge is -2.23. The number of nitrogens with zero attached hydrogens (tertiary/aromatic N) is 6. The molecule has 2 N–H and O–H groups in total. The minimum absolute atomic E-state index is 0.468. The van der Waals surface area contributed by atoms with E-state index in [0.29, 0.717) is 12.0 Å². The Labute approximate surface area is 181 Å². The van der Waals surface area contributed by atoms with Gasteiger partial charge < -0.3 is 19.8 Å². The number of nitrogens with one attached hydrogen (secondary N) is 2. The first-order valence-electron chi connectivity index (χ1n) is 11.2. The van der Waals surface area contributed by atoms with E-state index in [1.165, 1.54) is 32.1 Å². The van der Waals surface area contributed by atoms with Gasteiger partial charge in [-0.3, -0.25) is 0 Å². The molecule has 1 aromatic carbocycles. The van der Waals surface area contributed by atoms with E-state index in [0.717, 1.165) is 41.3 Å². The monoisotopic (exact) mass is 416 g/mol. The molecule has 8 nitrogen and oxygen atoms in total. The number of imidazole rings is 2. The number of hydrogen-bond donors (Lipinski definition) is 2. The number of fused-ring (bicyclic) bond motifs is 1. The van der Waals surface area contributed by atoms with Crippen LogP contribution < -0.4 is 10.6 Å². The van der Waals surface area contributed by atoms with Gasteiger partial charge in [-0.25, -0.2) is 9.97 Å². The van der Waals surface area contributed by atoms with Gasteiger partial charge in [-0.05, 0) is 43.5 Å². The van der Waals surface area contributed by atoms with Gasteiger partial charge in [0.1, 0.15) is 0 Å². The Morgan fingerprint density at radius 2 is 1.87 bits per heavy atom. The third kappa shape index (κ3) is 4.10. The Bertz CT molecular complexity index is 1120. The smallest absolute Gasteiger partial charge is 0.231 e. The van der Waals surface area contributed by atoms with E-state index >= 15 is 0 Å². The minimum Gasteiger partial charge on any atom is -0.368 e. The number of aromatic nitrogens is 6. The first kappa shape index (κ1) is 19.5. The van der Waals surface area contributed by atoms with Crippen LogP contribution in [0.1, 0.15) is 51.5 Å². The molecule has 0 spiro atoms. The number of rotatable bonds is 7. The lowest BCUT2D eigenvalue weighted by molar-refractivity contribution is 0.358. The highest BCUT2D eigenvalue weighted by Gasteiger charge is 2.20. The van der Waals surface area contributed by atoms with Crippen LogP contribution in [0, 0.1) is 0 Å². The fourth-order valence-electron chi connectivity index (χ4n) is 4.22. The van der Waals surface area contributed by atoms with Crippen LogP contribution in [-0.2, 0) is 0 Å². The third-order valence-electron chi connectivity index (χ3n) is 5.86. The predicted molar refractivity (Wildman–Crippen MR) is 123 cm³/mol. The van der Waals surface area contributed by atoms with E-state index in [4.69, 9.17) is 9.97 Å². The lowest BCUT2D eigenvalue weighted by Crippen LogP contribution is -2.13. The summed E-state index contributed by atoms with van der Waals surface area (Å²) in [4.78, 5) is 18.4. The SMILES string of the molecule is CCCNc1nc(Nc2ccc(-n3ccnc3)cc2)nc2c1ncn2C1CCCCC1. The minimum atomic E-state index is 0.468. The van der Waals surface area contributed by atoms with Crippen molar-refractivity contribution in [2.45, 2.75) is 51.5 Å². The van der Waals surface area contributed by atoms with Crippen molar-refractivity contribution in [3.8, 4) is 5.69 Å². The quantitative estimate of drug-likeness (QED) is 0.437. The summed E-state index contributed by atoms with van der Waals surface area (Å²) in [6, 6.07) is 8.62. The molecule has 4 aromatic rings. The van der Waals surface area contributed by atoms with Crippen LogP contribution in [0.4, 0.5) is 17.5 Å². The Hall–Kier alpha value is -3.42. The molecule has 0 atom stereocenters. The summed E-state index contributed by atoms with van der Waals surface area (Å²) in [7, 11) is 0. The van der Waals surface area contributed by atoms with Crippen LogP contribution in [0.2, 0.25) is 0 Å². The molecule has 31 heavy (non-hydrogen) atoms. The molecule has 1 aliphatic carbocycles.